The molecule has 1 aliphatic carbocycles. The van der Waals surface area contributed by atoms with E-state index in [4.69, 9.17) is 5.73 Å². The van der Waals surface area contributed by atoms with Crippen molar-refractivity contribution < 1.29 is 4.79 Å². The molecule has 2 rings (SSSR count). The Kier molecular flexibility index (Phi) is 3.44. The van der Waals surface area contributed by atoms with Crippen molar-refractivity contribution >= 4 is 5.91 Å². The Morgan fingerprint density at radius 1 is 1.39 bits per heavy atom. The van der Waals surface area contributed by atoms with Gasteiger partial charge in [0.05, 0.1) is 12.1 Å². The summed E-state index contributed by atoms with van der Waals surface area (Å²) >= 11 is 0. The SMILES string of the molecule is CC(C)(C)[C@H](N)C(=O)NC1CCc2ccccc21. The minimum Gasteiger partial charge on any atom is -0.348 e. The topological polar surface area (TPSA) is 55.1 Å². The third kappa shape index (κ3) is 2.56. The molecule has 0 saturated carbocycles. The van der Waals surface area contributed by atoms with Gasteiger partial charge in [-0.15, -0.1) is 0 Å². The third-order valence-electron chi connectivity index (χ3n) is 3.66. The zero-order valence-electron chi connectivity index (χ0n) is 11.4. The average molecular weight is 246 g/mol. The number of rotatable bonds is 2. The molecule has 18 heavy (non-hydrogen) atoms. The van der Waals surface area contributed by atoms with Crippen LogP contribution < -0.4 is 11.1 Å². The molecule has 1 aromatic carbocycles. The van der Waals surface area contributed by atoms with E-state index in [2.05, 4.69) is 17.4 Å². The van der Waals surface area contributed by atoms with Gasteiger partial charge in [-0.1, -0.05) is 45.0 Å². The van der Waals surface area contributed by atoms with Crippen LogP contribution >= 0.6 is 0 Å². The summed E-state index contributed by atoms with van der Waals surface area (Å²) < 4.78 is 0. The van der Waals surface area contributed by atoms with Gasteiger partial charge < -0.3 is 11.1 Å². The Balaban J connectivity index is 2.06. The fraction of sp³-hybridized carbons (Fsp3) is 0.533. The van der Waals surface area contributed by atoms with Crippen molar-refractivity contribution in [2.45, 2.75) is 45.7 Å². The lowest BCUT2D eigenvalue weighted by atomic mass is 9.86. The Labute approximate surface area is 109 Å². The maximum absolute atomic E-state index is 12.1. The second kappa shape index (κ2) is 4.73. The molecular formula is C15H22N2O. The smallest absolute Gasteiger partial charge is 0.237 e. The van der Waals surface area contributed by atoms with Crippen molar-refractivity contribution in [2.75, 3.05) is 0 Å². The molecular weight excluding hydrogens is 224 g/mol. The van der Waals surface area contributed by atoms with Crippen LogP contribution in [0.3, 0.4) is 0 Å². The molecule has 0 spiro atoms. The zero-order chi connectivity index (χ0) is 13.3. The molecule has 1 amide bonds. The van der Waals surface area contributed by atoms with E-state index in [1.54, 1.807) is 0 Å². The molecule has 0 heterocycles. The zero-order valence-corrected chi connectivity index (χ0v) is 11.4. The van der Waals surface area contributed by atoms with E-state index < -0.39 is 6.04 Å². The van der Waals surface area contributed by atoms with E-state index in [1.165, 1.54) is 11.1 Å². The number of nitrogens with two attached hydrogens (primary N) is 1. The van der Waals surface area contributed by atoms with Crippen LogP contribution in [0.2, 0.25) is 0 Å². The number of aryl methyl sites for hydroxylation is 1. The van der Waals surface area contributed by atoms with Gasteiger partial charge in [-0.3, -0.25) is 4.79 Å². The minimum absolute atomic E-state index is 0.0517. The van der Waals surface area contributed by atoms with E-state index in [9.17, 15) is 4.79 Å². The Bertz CT molecular complexity index is 448. The van der Waals surface area contributed by atoms with Gasteiger partial charge in [0.2, 0.25) is 5.91 Å². The molecule has 98 valence electrons. The quantitative estimate of drug-likeness (QED) is 0.840. The maximum Gasteiger partial charge on any atom is 0.237 e. The molecule has 1 aliphatic rings. The lowest BCUT2D eigenvalue weighted by molar-refractivity contribution is -0.125. The van der Waals surface area contributed by atoms with Crippen LogP contribution in [-0.2, 0) is 11.2 Å². The van der Waals surface area contributed by atoms with Crippen LogP contribution in [0.15, 0.2) is 24.3 Å². The van der Waals surface area contributed by atoms with Crippen molar-refractivity contribution in [1.82, 2.24) is 5.32 Å². The molecule has 3 nitrogen and oxygen atoms in total. The number of nitrogens with one attached hydrogen (secondary N) is 1. The van der Waals surface area contributed by atoms with Gasteiger partial charge in [-0.25, -0.2) is 0 Å². The summed E-state index contributed by atoms with van der Waals surface area (Å²) in [4.78, 5) is 12.1. The number of amides is 1. The van der Waals surface area contributed by atoms with Crippen LogP contribution in [0, 0.1) is 5.41 Å². The van der Waals surface area contributed by atoms with Gasteiger partial charge in [0.1, 0.15) is 0 Å². The molecule has 0 fully saturated rings. The molecule has 0 saturated heterocycles. The van der Waals surface area contributed by atoms with Crippen LogP contribution in [0.1, 0.15) is 44.4 Å². The highest BCUT2D eigenvalue weighted by Gasteiger charge is 2.30. The first kappa shape index (κ1) is 13.1. The second-order valence-electron chi connectivity index (χ2n) is 6.14. The van der Waals surface area contributed by atoms with E-state index >= 15 is 0 Å². The Morgan fingerprint density at radius 3 is 2.72 bits per heavy atom. The summed E-state index contributed by atoms with van der Waals surface area (Å²) in [6.45, 7) is 5.96. The molecule has 2 atom stereocenters. The van der Waals surface area contributed by atoms with Gasteiger partial charge in [0, 0.05) is 0 Å². The number of carbonyl (C=O) groups is 1. The van der Waals surface area contributed by atoms with Crippen molar-refractivity contribution in [1.29, 1.82) is 0 Å². The molecule has 0 aliphatic heterocycles. The lowest BCUT2D eigenvalue weighted by Gasteiger charge is -2.27. The predicted molar refractivity (Wildman–Crippen MR) is 73.1 cm³/mol. The third-order valence-corrected chi connectivity index (χ3v) is 3.66. The number of fused-ring (bicyclic) bond motifs is 1. The number of hydrogen-bond acceptors (Lipinski definition) is 2. The second-order valence-corrected chi connectivity index (χ2v) is 6.14. The van der Waals surface area contributed by atoms with Crippen LogP contribution in [0.25, 0.3) is 0 Å². The molecule has 1 unspecified atom stereocenters. The van der Waals surface area contributed by atoms with Gasteiger partial charge in [-0.2, -0.15) is 0 Å². The number of hydrogen-bond donors (Lipinski definition) is 2. The summed E-state index contributed by atoms with van der Waals surface area (Å²) in [6, 6.07) is 7.95. The summed E-state index contributed by atoms with van der Waals surface area (Å²) in [7, 11) is 0. The van der Waals surface area contributed by atoms with E-state index in [0.29, 0.717) is 0 Å². The highest BCUT2D eigenvalue weighted by atomic mass is 16.2. The van der Waals surface area contributed by atoms with Gasteiger partial charge in [0.25, 0.3) is 0 Å². The minimum atomic E-state index is -0.467. The van der Waals surface area contributed by atoms with Crippen molar-refractivity contribution in [3.05, 3.63) is 35.4 Å². The van der Waals surface area contributed by atoms with Crippen molar-refractivity contribution in [2.24, 2.45) is 11.1 Å². The predicted octanol–water partition coefficient (Wildman–Crippen LogP) is 2.16. The van der Waals surface area contributed by atoms with Crippen LogP contribution in [0.5, 0.6) is 0 Å². The molecule has 0 radical (unpaired) electrons. The van der Waals surface area contributed by atoms with Crippen LogP contribution in [-0.4, -0.2) is 11.9 Å². The Hall–Kier alpha value is -1.35. The molecule has 0 aromatic heterocycles. The van der Waals surface area contributed by atoms with Crippen molar-refractivity contribution in [3.8, 4) is 0 Å². The van der Waals surface area contributed by atoms with Crippen molar-refractivity contribution in [3.63, 3.8) is 0 Å². The Morgan fingerprint density at radius 2 is 2.06 bits per heavy atom. The average Bonchev–Trinajstić information content (AvgIpc) is 2.70. The van der Waals surface area contributed by atoms with E-state index in [1.807, 2.05) is 32.9 Å². The number of benzene rings is 1. The first-order valence-electron chi connectivity index (χ1n) is 6.53. The largest absolute Gasteiger partial charge is 0.348 e. The summed E-state index contributed by atoms with van der Waals surface area (Å²) in [5, 5.41) is 3.08. The summed E-state index contributed by atoms with van der Waals surface area (Å²) in [5.74, 6) is -0.0517. The summed E-state index contributed by atoms with van der Waals surface area (Å²) in [5.41, 5.74) is 8.36. The monoisotopic (exact) mass is 246 g/mol. The molecule has 0 bridgehead atoms. The summed E-state index contributed by atoms with van der Waals surface area (Å²) in [6.07, 6.45) is 2.01. The highest BCUT2D eigenvalue weighted by Crippen LogP contribution is 2.31. The fourth-order valence-electron chi connectivity index (χ4n) is 2.36. The normalized spacial score (nSPS) is 20.3. The van der Waals surface area contributed by atoms with Gasteiger partial charge >= 0.3 is 0 Å². The van der Waals surface area contributed by atoms with E-state index in [0.717, 1.165) is 12.8 Å². The fourth-order valence-corrected chi connectivity index (χ4v) is 2.36. The van der Waals surface area contributed by atoms with Gasteiger partial charge in [0.15, 0.2) is 0 Å². The standard InChI is InChI=1S/C15H22N2O/c1-15(2,3)13(16)14(18)17-12-9-8-10-6-4-5-7-11(10)12/h4-7,12-13H,8-9,16H2,1-3H3,(H,17,18)/t12?,13-/m1/s1. The molecule has 3 N–H and O–H groups in total. The molecule has 3 heteroatoms. The lowest BCUT2D eigenvalue weighted by Crippen LogP contribution is -2.49. The molecule has 1 aromatic rings. The van der Waals surface area contributed by atoms with Gasteiger partial charge in [-0.05, 0) is 29.4 Å². The number of carbonyl (C=O) groups excluding carboxylic acids is 1. The maximum atomic E-state index is 12.1. The van der Waals surface area contributed by atoms with E-state index in [-0.39, 0.29) is 17.4 Å². The van der Waals surface area contributed by atoms with Crippen LogP contribution in [0.4, 0.5) is 0 Å². The highest BCUT2D eigenvalue weighted by molar-refractivity contribution is 5.82. The first-order chi connectivity index (χ1) is 8.39. The first-order valence-corrected chi connectivity index (χ1v) is 6.53.